The number of benzene rings is 1. The van der Waals surface area contributed by atoms with Gasteiger partial charge in [-0.25, -0.2) is 0 Å². The lowest BCUT2D eigenvalue weighted by Crippen LogP contribution is -2.47. The lowest BCUT2D eigenvalue weighted by atomic mass is 10.1. The van der Waals surface area contributed by atoms with Crippen LogP contribution in [0.15, 0.2) is 27.8 Å². The van der Waals surface area contributed by atoms with Crippen LogP contribution in [0.3, 0.4) is 0 Å². The molecule has 0 aromatic heterocycles. The van der Waals surface area contributed by atoms with Crippen LogP contribution in [0.2, 0.25) is 0 Å². The highest BCUT2D eigenvalue weighted by molar-refractivity contribution is 9.10. The number of rotatable bonds is 3. The van der Waals surface area contributed by atoms with Crippen molar-refractivity contribution in [2.75, 3.05) is 31.1 Å². The number of piperazine rings is 1. The van der Waals surface area contributed by atoms with Crippen molar-refractivity contribution in [3.05, 3.63) is 28.2 Å². The molecule has 0 unspecified atom stereocenters. The Balaban J connectivity index is 1.71. The van der Waals surface area contributed by atoms with Crippen molar-refractivity contribution in [3.63, 3.8) is 0 Å². The third kappa shape index (κ3) is 2.76. The Morgan fingerprint density at radius 3 is 2.50 bits per heavy atom. The first-order chi connectivity index (χ1) is 9.69. The van der Waals surface area contributed by atoms with Crippen molar-refractivity contribution in [1.82, 2.24) is 4.90 Å². The first kappa shape index (κ1) is 13.7. The smallest absolute Gasteiger partial charge is 0.170 e. The number of hydrogen-bond acceptors (Lipinski definition) is 4. The average Bonchev–Trinajstić information content (AvgIpc) is 3.31. The Labute approximate surface area is 127 Å². The topological polar surface area (TPSA) is 65.1 Å². The largest absolute Gasteiger partial charge is 0.409 e. The minimum absolute atomic E-state index is 0.135. The van der Waals surface area contributed by atoms with Crippen molar-refractivity contribution in [2.45, 2.75) is 18.9 Å². The third-order valence-electron chi connectivity index (χ3n) is 4.07. The van der Waals surface area contributed by atoms with Gasteiger partial charge in [0.2, 0.25) is 0 Å². The van der Waals surface area contributed by atoms with Gasteiger partial charge in [-0.1, -0.05) is 5.16 Å². The standard InChI is InChI=1S/C14H19BrN4O/c15-12-9-10(14(16)17-20)1-4-13(12)19-7-5-18(6-8-19)11-2-3-11/h1,4,9,11,20H,2-3,5-8H2,(H2,16,17). The first-order valence-corrected chi connectivity index (χ1v) is 7.75. The van der Waals surface area contributed by atoms with E-state index in [4.69, 9.17) is 10.9 Å². The van der Waals surface area contributed by atoms with E-state index < -0.39 is 0 Å². The minimum atomic E-state index is 0.135. The molecule has 1 aliphatic heterocycles. The van der Waals surface area contributed by atoms with Gasteiger partial charge in [0.15, 0.2) is 5.84 Å². The molecule has 108 valence electrons. The molecule has 6 heteroatoms. The average molecular weight is 339 g/mol. The van der Waals surface area contributed by atoms with E-state index in [0.717, 1.165) is 42.3 Å². The summed E-state index contributed by atoms with van der Waals surface area (Å²) in [5.41, 5.74) is 7.51. The molecule has 1 aromatic carbocycles. The fraction of sp³-hybridized carbons (Fsp3) is 0.500. The lowest BCUT2D eigenvalue weighted by Gasteiger charge is -2.36. The lowest BCUT2D eigenvalue weighted by molar-refractivity contribution is 0.248. The Kier molecular flexibility index (Phi) is 3.85. The molecule has 0 spiro atoms. The summed E-state index contributed by atoms with van der Waals surface area (Å²) in [6.07, 6.45) is 2.75. The van der Waals surface area contributed by atoms with Crippen LogP contribution in [-0.4, -0.2) is 48.2 Å². The fourth-order valence-electron chi connectivity index (χ4n) is 2.75. The maximum absolute atomic E-state index is 8.72. The minimum Gasteiger partial charge on any atom is -0.409 e. The summed E-state index contributed by atoms with van der Waals surface area (Å²) in [4.78, 5) is 4.98. The number of hydrogen-bond donors (Lipinski definition) is 2. The van der Waals surface area contributed by atoms with Gasteiger partial charge in [0, 0.05) is 42.3 Å². The van der Waals surface area contributed by atoms with E-state index in [-0.39, 0.29) is 5.84 Å². The maximum atomic E-state index is 8.72. The second-order valence-corrected chi connectivity index (χ2v) is 6.26. The normalized spacial score (nSPS) is 21.2. The molecule has 20 heavy (non-hydrogen) atoms. The van der Waals surface area contributed by atoms with Crippen LogP contribution in [0.25, 0.3) is 0 Å². The van der Waals surface area contributed by atoms with Gasteiger partial charge in [-0.2, -0.15) is 0 Å². The Hall–Kier alpha value is -1.27. The van der Waals surface area contributed by atoms with Crippen molar-refractivity contribution in [2.24, 2.45) is 10.9 Å². The molecule has 5 nitrogen and oxygen atoms in total. The van der Waals surface area contributed by atoms with Gasteiger partial charge < -0.3 is 15.8 Å². The highest BCUT2D eigenvalue weighted by Crippen LogP contribution is 2.31. The van der Waals surface area contributed by atoms with E-state index in [0.29, 0.717) is 0 Å². The molecule has 1 aromatic rings. The summed E-state index contributed by atoms with van der Waals surface area (Å²) in [6.45, 7) is 4.38. The number of anilines is 1. The Morgan fingerprint density at radius 2 is 1.95 bits per heavy atom. The van der Waals surface area contributed by atoms with E-state index in [1.165, 1.54) is 18.5 Å². The quantitative estimate of drug-likeness (QED) is 0.382. The second-order valence-electron chi connectivity index (χ2n) is 5.41. The number of oxime groups is 1. The number of nitrogens with zero attached hydrogens (tertiary/aromatic N) is 3. The zero-order valence-electron chi connectivity index (χ0n) is 11.3. The monoisotopic (exact) mass is 338 g/mol. The van der Waals surface area contributed by atoms with E-state index >= 15 is 0 Å². The second kappa shape index (κ2) is 5.61. The van der Waals surface area contributed by atoms with E-state index in [2.05, 4.69) is 30.9 Å². The first-order valence-electron chi connectivity index (χ1n) is 6.95. The van der Waals surface area contributed by atoms with Gasteiger partial charge in [0.25, 0.3) is 0 Å². The van der Waals surface area contributed by atoms with E-state index in [9.17, 15) is 0 Å². The number of halogens is 1. The van der Waals surface area contributed by atoms with Crippen LogP contribution in [0.5, 0.6) is 0 Å². The molecular weight excluding hydrogens is 320 g/mol. The van der Waals surface area contributed by atoms with Crippen molar-refractivity contribution >= 4 is 27.5 Å². The Morgan fingerprint density at radius 1 is 1.25 bits per heavy atom. The van der Waals surface area contributed by atoms with Crippen molar-refractivity contribution < 1.29 is 5.21 Å². The van der Waals surface area contributed by atoms with Crippen LogP contribution in [0.4, 0.5) is 5.69 Å². The SMILES string of the molecule is N/C(=N/O)c1ccc(N2CCN(C3CC3)CC2)c(Br)c1. The van der Waals surface area contributed by atoms with Gasteiger partial charge >= 0.3 is 0 Å². The molecule has 0 atom stereocenters. The molecule has 2 aliphatic rings. The van der Waals surface area contributed by atoms with Crippen molar-refractivity contribution in [3.8, 4) is 0 Å². The molecule has 3 rings (SSSR count). The molecular formula is C14H19BrN4O. The van der Waals surface area contributed by atoms with Gasteiger partial charge in [0.05, 0.1) is 5.69 Å². The van der Waals surface area contributed by atoms with Gasteiger partial charge in [-0.3, -0.25) is 4.90 Å². The number of amidine groups is 1. The highest BCUT2D eigenvalue weighted by atomic mass is 79.9. The zero-order chi connectivity index (χ0) is 14.1. The van der Waals surface area contributed by atoms with E-state index in [1.54, 1.807) is 0 Å². The summed E-state index contributed by atoms with van der Waals surface area (Å²) in [5, 5.41) is 11.7. The zero-order valence-corrected chi connectivity index (χ0v) is 12.9. The summed E-state index contributed by atoms with van der Waals surface area (Å²) in [7, 11) is 0. The highest BCUT2D eigenvalue weighted by Gasteiger charge is 2.31. The maximum Gasteiger partial charge on any atom is 0.170 e. The van der Waals surface area contributed by atoms with Crippen LogP contribution in [-0.2, 0) is 0 Å². The van der Waals surface area contributed by atoms with Crippen molar-refractivity contribution in [1.29, 1.82) is 0 Å². The summed E-state index contributed by atoms with van der Waals surface area (Å²) >= 11 is 3.59. The summed E-state index contributed by atoms with van der Waals surface area (Å²) in [6, 6.07) is 6.67. The van der Waals surface area contributed by atoms with Crippen LogP contribution < -0.4 is 10.6 Å². The number of nitrogens with two attached hydrogens (primary N) is 1. The van der Waals surface area contributed by atoms with Crippen LogP contribution in [0.1, 0.15) is 18.4 Å². The molecule has 0 bridgehead atoms. The molecule has 1 saturated carbocycles. The predicted molar refractivity (Wildman–Crippen MR) is 83.5 cm³/mol. The molecule has 1 heterocycles. The molecule has 1 saturated heterocycles. The summed E-state index contributed by atoms with van der Waals surface area (Å²) in [5.74, 6) is 0.135. The molecule has 0 amide bonds. The third-order valence-corrected chi connectivity index (χ3v) is 4.70. The van der Waals surface area contributed by atoms with Gasteiger partial charge in [-0.05, 0) is 47.0 Å². The predicted octanol–water partition coefficient (Wildman–Crippen LogP) is 1.83. The molecule has 1 aliphatic carbocycles. The van der Waals surface area contributed by atoms with Crippen LogP contribution in [0, 0.1) is 0 Å². The Bertz CT molecular complexity index is 522. The fourth-order valence-corrected chi connectivity index (χ4v) is 3.38. The molecule has 0 radical (unpaired) electrons. The summed E-state index contributed by atoms with van der Waals surface area (Å²) < 4.78 is 0.987. The van der Waals surface area contributed by atoms with Gasteiger partial charge in [-0.15, -0.1) is 0 Å². The van der Waals surface area contributed by atoms with Crippen LogP contribution >= 0.6 is 15.9 Å². The molecule has 2 fully saturated rings. The van der Waals surface area contributed by atoms with Gasteiger partial charge in [0.1, 0.15) is 0 Å². The van der Waals surface area contributed by atoms with E-state index in [1.807, 2.05) is 18.2 Å². The molecule has 3 N–H and O–H groups in total.